The van der Waals surface area contributed by atoms with Crippen LogP contribution in [0.15, 0.2) is 18.2 Å². The average Bonchev–Trinajstić information content (AvgIpc) is 2.50. The lowest BCUT2D eigenvalue weighted by Gasteiger charge is -2.20. The molecule has 0 saturated heterocycles. The highest BCUT2D eigenvalue weighted by molar-refractivity contribution is 5.35. The fraction of sp³-hybridized carbons (Fsp3) is 0.667. The van der Waals surface area contributed by atoms with Gasteiger partial charge in [-0.3, -0.25) is 0 Å². The van der Waals surface area contributed by atoms with Crippen molar-refractivity contribution in [2.75, 3.05) is 19.8 Å². The molecule has 1 aliphatic rings. The van der Waals surface area contributed by atoms with Gasteiger partial charge in [0, 0.05) is 19.3 Å². The first-order chi connectivity index (χ1) is 9.81. The van der Waals surface area contributed by atoms with E-state index < -0.39 is 0 Å². The number of aryl methyl sites for hydroxylation is 2. The first-order valence-electron chi connectivity index (χ1n) is 8.24. The van der Waals surface area contributed by atoms with Gasteiger partial charge in [0.05, 0.1) is 0 Å². The van der Waals surface area contributed by atoms with Crippen LogP contribution >= 0.6 is 0 Å². The monoisotopic (exact) mass is 275 g/mol. The number of rotatable bonds is 8. The fourth-order valence-electron chi connectivity index (χ4n) is 2.88. The van der Waals surface area contributed by atoms with Crippen LogP contribution in [0, 0.1) is 0 Å². The van der Waals surface area contributed by atoms with Gasteiger partial charge in [-0.05, 0) is 68.7 Å². The SMILES string of the molecule is CCCOCCCNC(C)c1ccc2c(c1)CCCC2. The zero-order valence-electron chi connectivity index (χ0n) is 13.1. The smallest absolute Gasteiger partial charge is 0.0478 e. The van der Waals surface area contributed by atoms with Crippen molar-refractivity contribution in [3.8, 4) is 0 Å². The summed E-state index contributed by atoms with van der Waals surface area (Å²) in [4.78, 5) is 0. The van der Waals surface area contributed by atoms with E-state index in [4.69, 9.17) is 4.74 Å². The number of fused-ring (bicyclic) bond motifs is 1. The van der Waals surface area contributed by atoms with Crippen molar-refractivity contribution in [3.63, 3.8) is 0 Å². The first kappa shape index (κ1) is 15.5. The summed E-state index contributed by atoms with van der Waals surface area (Å²) in [5.74, 6) is 0. The molecule has 0 heterocycles. The maximum absolute atomic E-state index is 5.50. The topological polar surface area (TPSA) is 21.3 Å². The Morgan fingerprint density at radius 1 is 1.15 bits per heavy atom. The number of hydrogen-bond donors (Lipinski definition) is 1. The molecule has 0 saturated carbocycles. The summed E-state index contributed by atoms with van der Waals surface area (Å²) in [6.07, 6.45) is 7.45. The molecule has 1 aromatic carbocycles. The van der Waals surface area contributed by atoms with Crippen molar-refractivity contribution in [3.05, 3.63) is 34.9 Å². The second-order valence-corrected chi connectivity index (χ2v) is 5.88. The summed E-state index contributed by atoms with van der Waals surface area (Å²) in [6, 6.07) is 7.50. The maximum Gasteiger partial charge on any atom is 0.0478 e. The number of hydrogen-bond acceptors (Lipinski definition) is 2. The Labute approximate surface area is 123 Å². The zero-order chi connectivity index (χ0) is 14.2. The van der Waals surface area contributed by atoms with Crippen LogP contribution in [0.3, 0.4) is 0 Å². The molecule has 0 aliphatic heterocycles. The standard InChI is InChI=1S/C18H29NO/c1-3-12-20-13-6-11-19-15(2)17-10-9-16-7-4-5-8-18(16)14-17/h9-10,14-15,19H,3-8,11-13H2,1-2H3. The quantitative estimate of drug-likeness (QED) is 0.723. The molecule has 2 rings (SSSR count). The Bertz CT molecular complexity index is 402. The summed E-state index contributed by atoms with van der Waals surface area (Å²) >= 11 is 0. The second kappa shape index (κ2) is 8.43. The lowest BCUT2D eigenvalue weighted by Crippen LogP contribution is -2.21. The summed E-state index contributed by atoms with van der Waals surface area (Å²) in [7, 11) is 0. The summed E-state index contributed by atoms with van der Waals surface area (Å²) in [6.45, 7) is 7.20. The predicted molar refractivity (Wildman–Crippen MR) is 85.2 cm³/mol. The molecule has 2 heteroatoms. The van der Waals surface area contributed by atoms with E-state index in [0.717, 1.165) is 32.6 Å². The van der Waals surface area contributed by atoms with Gasteiger partial charge in [-0.1, -0.05) is 25.1 Å². The molecule has 0 bridgehead atoms. The van der Waals surface area contributed by atoms with E-state index in [1.54, 1.807) is 11.1 Å². The molecule has 0 spiro atoms. The first-order valence-corrected chi connectivity index (χ1v) is 8.24. The van der Waals surface area contributed by atoms with Gasteiger partial charge in [0.15, 0.2) is 0 Å². The van der Waals surface area contributed by atoms with Crippen molar-refractivity contribution >= 4 is 0 Å². The summed E-state index contributed by atoms with van der Waals surface area (Å²) < 4.78 is 5.50. The van der Waals surface area contributed by atoms with Crippen molar-refractivity contribution < 1.29 is 4.74 Å². The predicted octanol–water partition coefficient (Wildman–Crippen LogP) is 4.03. The van der Waals surface area contributed by atoms with E-state index in [1.807, 2.05) is 0 Å². The molecular formula is C18H29NO. The molecule has 0 radical (unpaired) electrons. The van der Waals surface area contributed by atoms with Gasteiger partial charge in [-0.2, -0.15) is 0 Å². The summed E-state index contributed by atoms with van der Waals surface area (Å²) in [5, 5.41) is 3.60. The molecule has 2 nitrogen and oxygen atoms in total. The molecule has 1 atom stereocenters. The highest BCUT2D eigenvalue weighted by Crippen LogP contribution is 2.24. The molecule has 1 N–H and O–H groups in total. The fourth-order valence-corrected chi connectivity index (χ4v) is 2.88. The van der Waals surface area contributed by atoms with Crippen LogP contribution in [-0.2, 0) is 17.6 Å². The van der Waals surface area contributed by atoms with E-state index >= 15 is 0 Å². The highest BCUT2D eigenvalue weighted by atomic mass is 16.5. The molecule has 112 valence electrons. The Hall–Kier alpha value is -0.860. The van der Waals surface area contributed by atoms with Crippen molar-refractivity contribution in [2.45, 2.75) is 58.4 Å². The highest BCUT2D eigenvalue weighted by Gasteiger charge is 2.11. The van der Waals surface area contributed by atoms with Crippen LogP contribution in [0.1, 0.15) is 62.3 Å². The van der Waals surface area contributed by atoms with Crippen LogP contribution in [0.5, 0.6) is 0 Å². The maximum atomic E-state index is 5.50. The van der Waals surface area contributed by atoms with Crippen LogP contribution < -0.4 is 5.32 Å². The average molecular weight is 275 g/mol. The van der Waals surface area contributed by atoms with Gasteiger partial charge >= 0.3 is 0 Å². The van der Waals surface area contributed by atoms with E-state index in [-0.39, 0.29) is 0 Å². The molecular weight excluding hydrogens is 246 g/mol. The Balaban J connectivity index is 1.76. The van der Waals surface area contributed by atoms with E-state index in [2.05, 4.69) is 37.4 Å². The molecule has 1 unspecified atom stereocenters. The summed E-state index contributed by atoms with van der Waals surface area (Å²) in [5.41, 5.74) is 4.58. The third-order valence-electron chi connectivity index (χ3n) is 4.14. The van der Waals surface area contributed by atoms with Gasteiger partial charge in [0.25, 0.3) is 0 Å². The van der Waals surface area contributed by atoms with E-state index in [9.17, 15) is 0 Å². The molecule has 0 aromatic heterocycles. The molecule has 0 amide bonds. The van der Waals surface area contributed by atoms with Gasteiger partial charge in [0.1, 0.15) is 0 Å². The lowest BCUT2D eigenvalue weighted by molar-refractivity contribution is 0.132. The van der Waals surface area contributed by atoms with E-state index in [1.165, 1.54) is 31.2 Å². The molecule has 1 aliphatic carbocycles. The zero-order valence-corrected chi connectivity index (χ0v) is 13.1. The molecule has 0 fully saturated rings. The normalized spacial score (nSPS) is 15.9. The Kier molecular flexibility index (Phi) is 6.55. The largest absolute Gasteiger partial charge is 0.381 e. The van der Waals surface area contributed by atoms with Gasteiger partial charge in [-0.15, -0.1) is 0 Å². The van der Waals surface area contributed by atoms with Crippen LogP contribution in [0.25, 0.3) is 0 Å². The third kappa shape index (κ3) is 4.60. The third-order valence-corrected chi connectivity index (χ3v) is 4.14. The van der Waals surface area contributed by atoms with Crippen molar-refractivity contribution in [1.82, 2.24) is 5.32 Å². The Morgan fingerprint density at radius 2 is 1.95 bits per heavy atom. The van der Waals surface area contributed by atoms with Crippen LogP contribution in [-0.4, -0.2) is 19.8 Å². The molecule has 20 heavy (non-hydrogen) atoms. The Morgan fingerprint density at radius 3 is 2.75 bits per heavy atom. The minimum atomic E-state index is 0.438. The second-order valence-electron chi connectivity index (χ2n) is 5.88. The van der Waals surface area contributed by atoms with Crippen molar-refractivity contribution in [2.24, 2.45) is 0 Å². The lowest BCUT2D eigenvalue weighted by atomic mass is 9.89. The number of nitrogens with one attached hydrogen (secondary N) is 1. The van der Waals surface area contributed by atoms with E-state index in [0.29, 0.717) is 6.04 Å². The number of ether oxygens (including phenoxy) is 1. The number of benzene rings is 1. The van der Waals surface area contributed by atoms with Crippen molar-refractivity contribution in [1.29, 1.82) is 0 Å². The van der Waals surface area contributed by atoms with Crippen LogP contribution in [0.4, 0.5) is 0 Å². The molecule has 1 aromatic rings. The van der Waals surface area contributed by atoms with Gasteiger partial charge < -0.3 is 10.1 Å². The minimum absolute atomic E-state index is 0.438. The van der Waals surface area contributed by atoms with Crippen LogP contribution in [0.2, 0.25) is 0 Å². The van der Waals surface area contributed by atoms with Gasteiger partial charge in [-0.25, -0.2) is 0 Å². The van der Waals surface area contributed by atoms with Gasteiger partial charge in [0.2, 0.25) is 0 Å². The minimum Gasteiger partial charge on any atom is -0.381 e.